The molecule has 4 unspecified atom stereocenters. The number of carbonyl (C=O) groups is 1. The van der Waals surface area contributed by atoms with Crippen LogP contribution in [0.1, 0.15) is 39.5 Å². The van der Waals surface area contributed by atoms with E-state index in [0.29, 0.717) is 6.04 Å². The monoisotopic (exact) mass is 240 g/mol. The van der Waals surface area contributed by atoms with Gasteiger partial charge < -0.3 is 15.3 Å². The lowest BCUT2D eigenvalue weighted by molar-refractivity contribution is -0.142. The SMILES string of the molecule is CC(NC1CCN2CCCC2C1)C(C)C(=O)O. The van der Waals surface area contributed by atoms with E-state index in [2.05, 4.69) is 10.2 Å². The smallest absolute Gasteiger partial charge is 0.307 e. The molecule has 0 radical (unpaired) electrons. The van der Waals surface area contributed by atoms with Crippen LogP contribution in [0, 0.1) is 5.92 Å². The van der Waals surface area contributed by atoms with Crippen molar-refractivity contribution in [3.63, 3.8) is 0 Å². The number of nitrogens with zero attached hydrogens (tertiary/aromatic N) is 1. The molecule has 4 nitrogen and oxygen atoms in total. The zero-order chi connectivity index (χ0) is 12.4. The Kier molecular flexibility index (Phi) is 4.05. The first-order valence-electron chi connectivity index (χ1n) is 6.81. The lowest BCUT2D eigenvalue weighted by Gasteiger charge is -2.37. The van der Waals surface area contributed by atoms with Crippen molar-refractivity contribution < 1.29 is 9.90 Å². The van der Waals surface area contributed by atoms with Crippen molar-refractivity contribution in [3.05, 3.63) is 0 Å². The van der Waals surface area contributed by atoms with Crippen LogP contribution >= 0.6 is 0 Å². The van der Waals surface area contributed by atoms with Crippen molar-refractivity contribution in [2.24, 2.45) is 5.92 Å². The summed E-state index contributed by atoms with van der Waals surface area (Å²) < 4.78 is 0. The highest BCUT2D eigenvalue weighted by Gasteiger charge is 2.32. The fourth-order valence-corrected chi connectivity index (χ4v) is 3.11. The van der Waals surface area contributed by atoms with Crippen LogP contribution in [0.15, 0.2) is 0 Å². The number of fused-ring (bicyclic) bond motifs is 1. The number of carboxylic acids is 1. The summed E-state index contributed by atoms with van der Waals surface area (Å²) in [5.41, 5.74) is 0. The standard InChI is InChI=1S/C13H24N2O2/c1-9(13(16)17)10(2)14-11-5-7-15-6-3-4-12(15)8-11/h9-12,14H,3-8H2,1-2H3,(H,16,17). The molecule has 4 atom stereocenters. The maximum absolute atomic E-state index is 10.9. The summed E-state index contributed by atoms with van der Waals surface area (Å²) in [4.78, 5) is 13.5. The van der Waals surface area contributed by atoms with E-state index in [-0.39, 0.29) is 12.0 Å². The second-order valence-corrected chi connectivity index (χ2v) is 5.64. The molecule has 2 aliphatic heterocycles. The second-order valence-electron chi connectivity index (χ2n) is 5.64. The van der Waals surface area contributed by atoms with E-state index in [1.165, 1.54) is 32.4 Å². The molecule has 2 heterocycles. The van der Waals surface area contributed by atoms with E-state index >= 15 is 0 Å². The topological polar surface area (TPSA) is 52.6 Å². The largest absolute Gasteiger partial charge is 0.481 e. The van der Waals surface area contributed by atoms with Crippen LogP contribution in [0.3, 0.4) is 0 Å². The van der Waals surface area contributed by atoms with Gasteiger partial charge in [-0.3, -0.25) is 4.79 Å². The average Bonchev–Trinajstić information content (AvgIpc) is 2.74. The molecule has 2 aliphatic rings. The summed E-state index contributed by atoms with van der Waals surface area (Å²) in [6, 6.07) is 1.31. The Morgan fingerprint density at radius 1 is 1.35 bits per heavy atom. The van der Waals surface area contributed by atoms with Crippen LogP contribution in [0.25, 0.3) is 0 Å². The van der Waals surface area contributed by atoms with Gasteiger partial charge in [0.05, 0.1) is 5.92 Å². The summed E-state index contributed by atoms with van der Waals surface area (Å²) in [5.74, 6) is -1.01. The van der Waals surface area contributed by atoms with Gasteiger partial charge in [0.2, 0.25) is 0 Å². The second kappa shape index (κ2) is 5.36. The van der Waals surface area contributed by atoms with Crippen molar-refractivity contribution in [1.29, 1.82) is 0 Å². The van der Waals surface area contributed by atoms with Gasteiger partial charge in [-0.15, -0.1) is 0 Å². The van der Waals surface area contributed by atoms with Gasteiger partial charge in [0.15, 0.2) is 0 Å². The van der Waals surface area contributed by atoms with Gasteiger partial charge in [-0.25, -0.2) is 0 Å². The molecular formula is C13H24N2O2. The first-order valence-corrected chi connectivity index (χ1v) is 6.81. The number of hydrogen-bond donors (Lipinski definition) is 2. The van der Waals surface area contributed by atoms with E-state index in [4.69, 9.17) is 5.11 Å². The van der Waals surface area contributed by atoms with Crippen LogP contribution in [-0.2, 0) is 4.79 Å². The lowest BCUT2D eigenvalue weighted by Crippen LogP contribution is -2.50. The Morgan fingerprint density at radius 3 is 2.82 bits per heavy atom. The van der Waals surface area contributed by atoms with Crippen molar-refractivity contribution in [1.82, 2.24) is 10.2 Å². The Balaban J connectivity index is 1.81. The van der Waals surface area contributed by atoms with Crippen LogP contribution in [0.5, 0.6) is 0 Å². The van der Waals surface area contributed by atoms with Gasteiger partial charge in [0, 0.05) is 18.1 Å². The molecule has 0 spiro atoms. The quantitative estimate of drug-likeness (QED) is 0.778. The van der Waals surface area contributed by atoms with Gasteiger partial charge in [-0.2, -0.15) is 0 Å². The highest BCUT2D eigenvalue weighted by atomic mass is 16.4. The third-order valence-electron chi connectivity index (χ3n) is 4.46. The van der Waals surface area contributed by atoms with Crippen molar-refractivity contribution in [2.75, 3.05) is 13.1 Å². The summed E-state index contributed by atoms with van der Waals surface area (Å²) in [6.07, 6.45) is 5.00. The third kappa shape index (κ3) is 2.99. The first kappa shape index (κ1) is 12.8. The Bertz CT molecular complexity index is 283. The Hall–Kier alpha value is -0.610. The number of nitrogens with one attached hydrogen (secondary N) is 1. The van der Waals surface area contributed by atoms with Gasteiger partial charge in [-0.1, -0.05) is 6.92 Å². The van der Waals surface area contributed by atoms with Crippen molar-refractivity contribution in [3.8, 4) is 0 Å². The Labute approximate surface area is 103 Å². The average molecular weight is 240 g/mol. The van der Waals surface area contributed by atoms with Gasteiger partial charge >= 0.3 is 5.97 Å². The van der Waals surface area contributed by atoms with E-state index in [0.717, 1.165) is 12.5 Å². The zero-order valence-corrected chi connectivity index (χ0v) is 10.9. The molecule has 2 fully saturated rings. The predicted molar refractivity (Wildman–Crippen MR) is 67.0 cm³/mol. The highest BCUT2D eigenvalue weighted by molar-refractivity contribution is 5.70. The molecule has 17 heavy (non-hydrogen) atoms. The molecule has 2 rings (SSSR count). The number of hydrogen-bond acceptors (Lipinski definition) is 3. The molecule has 2 saturated heterocycles. The molecule has 0 aromatic rings. The first-order chi connectivity index (χ1) is 8.08. The minimum atomic E-state index is -0.705. The number of rotatable bonds is 4. The molecular weight excluding hydrogens is 216 g/mol. The molecule has 0 amide bonds. The third-order valence-corrected chi connectivity index (χ3v) is 4.46. The van der Waals surface area contributed by atoms with Crippen molar-refractivity contribution >= 4 is 5.97 Å². The minimum Gasteiger partial charge on any atom is -0.481 e. The molecule has 0 aliphatic carbocycles. The summed E-state index contributed by atoms with van der Waals surface area (Å²) in [7, 11) is 0. The fraction of sp³-hybridized carbons (Fsp3) is 0.923. The van der Waals surface area contributed by atoms with Gasteiger partial charge in [0.1, 0.15) is 0 Å². The van der Waals surface area contributed by atoms with Crippen LogP contribution in [0.2, 0.25) is 0 Å². The van der Waals surface area contributed by atoms with Crippen LogP contribution < -0.4 is 5.32 Å². The fourth-order valence-electron chi connectivity index (χ4n) is 3.11. The maximum Gasteiger partial charge on any atom is 0.307 e. The van der Waals surface area contributed by atoms with Crippen molar-refractivity contribution in [2.45, 2.75) is 57.7 Å². The summed E-state index contributed by atoms with van der Waals surface area (Å²) >= 11 is 0. The van der Waals surface area contributed by atoms with E-state index in [1.807, 2.05) is 6.92 Å². The molecule has 0 aromatic carbocycles. The molecule has 2 N–H and O–H groups in total. The van der Waals surface area contributed by atoms with Crippen LogP contribution in [0.4, 0.5) is 0 Å². The summed E-state index contributed by atoms with van der Waals surface area (Å²) in [5, 5.41) is 12.5. The number of aliphatic carboxylic acids is 1. The molecule has 98 valence electrons. The predicted octanol–water partition coefficient (Wildman–Crippen LogP) is 1.31. The molecule has 0 aromatic heterocycles. The Morgan fingerprint density at radius 2 is 2.12 bits per heavy atom. The maximum atomic E-state index is 10.9. The highest BCUT2D eigenvalue weighted by Crippen LogP contribution is 2.27. The van der Waals surface area contributed by atoms with Crippen LogP contribution in [-0.4, -0.2) is 47.2 Å². The summed E-state index contributed by atoms with van der Waals surface area (Å²) in [6.45, 7) is 6.21. The lowest BCUT2D eigenvalue weighted by atomic mass is 9.95. The molecule has 0 saturated carbocycles. The van der Waals surface area contributed by atoms with E-state index in [1.54, 1.807) is 6.92 Å². The zero-order valence-electron chi connectivity index (χ0n) is 10.9. The van der Waals surface area contributed by atoms with E-state index in [9.17, 15) is 4.79 Å². The van der Waals surface area contributed by atoms with Gasteiger partial charge in [0.25, 0.3) is 0 Å². The number of carboxylic acid groups (broad SMARTS) is 1. The normalized spacial score (nSPS) is 33.1. The molecule has 4 heteroatoms. The van der Waals surface area contributed by atoms with Gasteiger partial charge in [-0.05, 0) is 45.7 Å². The number of piperidine rings is 1. The molecule has 0 bridgehead atoms. The van der Waals surface area contributed by atoms with E-state index < -0.39 is 5.97 Å². The minimum absolute atomic E-state index is 0.0606.